The first-order valence-electron chi connectivity index (χ1n) is 25.1. The van der Waals surface area contributed by atoms with Gasteiger partial charge < -0.3 is 4.57 Å². The van der Waals surface area contributed by atoms with E-state index in [1.54, 1.807) is 19.1 Å². The summed E-state index contributed by atoms with van der Waals surface area (Å²) >= 11 is 0. The zero-order chi connectivity index (χ0) is 49.7. The van der Waals surface area contributed by atoms with Crippen LogP contribution in [0.1, 0.15) is 17.9 Å². The molecule has 5 heteroatoms. The number of aromatic nitrogens is 5. The molecule has 296 valence electrons. The second kappa shape index (κ2) is 14.9. The molecule has 0 aliphatic carbocycles. The standard InChI is InChI=1S/C58H39N5/c1-38-17-11-12-24-45(38)46-34-33-44(37-51(46)41-20-7-3-8-21-41)62-52-27-15-13-25-47(52)49-35-36-50-48-26-14-16-28-53(48)63(55(50)54(49)62)58-60-56(42-22-9-4-10-23-42)59-57(61-58)43-31-29-40(30-32-43)39-18-5-2-6-19-39/h2-37H,1H3/i3D,7D,8D,11D,12D,17D,20D,21D,24D. The molecule has 0 aliphatic heterocycles. The van der Waals surface area contributed by atoms with Crippen molar-refractivity contribution >= 4 is 43.6 Å². The summed E-state index contributed by atoms with van der Waals surface area (Å²) in [4.78, 5) is 15.6. The van der Waals surface area contributed by atoms with Gasteiger partial charge in [-0.1, -0.05) is 194 Å². The molecule has 9 aromatic carbocycles. The van der Waals surface area contributed by atoms with Crippen LogP contribution in [-0.4, -0.2) is 24.1 Å². The van der Waals surface area contributed by atoms with Crippen LogP contribution in [0.3, 0.4) is 0 Å². The van der Waals surface area contributed by atoms with Crippen molar-refractivity contribution < 1.29 is 12.3 Å². The molecule has 0 N–H and O–H groups in total. The SMILES string of the molecule is [2H]c1c([2H])c([2H])c(-c2cc(-n3c4ccccc4c4ccc5c6ccccc6n(-c6nc(-c7ccccc7)nc(-c7ccc(-c8ccccc8)cc7)n6)c5c43)ccc2-c2c([2H])c([2H])c([2H])c([2H])c2C)c([2H])c1[2H]. The van der Waals surface area contributed by atoms with Gasteiger partial charge in [-0.2, -0.15) is 9.97 Å². The molecule has 0 amide bonds. The van der Waals surface area contributed by atoms with E-state index in [1.165, 1.54) is 0 Å². The molecule has 5 nitrogen and oxygen atoms in total. The number of para-hydroxylation sites is 2. The molecular weight excluding hydrogens is 767 g/mol. The van der Waals surface area contributed by atoms with Gasteiger partial charge in [-0.25, -0.2) is 4.98 Å². The third kappa shape index (κ3) is 6.13. The Kier molecular flexibility index (Phi) is 6.68. The van der Waals surface area contributed by atoms with Crippen LogP contribution in [0.2, 0.25) is 0 Å². The zero-order valence-electron chi connectivity index (χ0n) is 42.8. The third-order valence-corrected chi connectivity index (χ3v) is 11.7. The number of rotatable bonds is 7. The third-order valence-electron chi connectivity index (χ3n) is 11.7. The van der Waals surface area contributed by atoms with E-state index < -0.39 is 42.3 Å². The summed E-state index contributed by atoms with van der Waals surface area (Å²) < 4.78 is 83.5. The van der Waals surface area contributed by atoms with Crippen LogP contribution in [-0.2, 0) is 0 Å². The monoisotopic (exact) mass is 814 g/mol. The van der Waals surface area contributed by atoms with Crippen LogP contribution in [0, 0.1) is 6.92 Å². The maximum atomic E-state index is 9.21. The zero-order valence-corrected chi connectivity index (χ0v) is 33.8. The number of nitrogens with zero attached hydrogens (tertiary/aromatic N) is 5. The Morgan fingerprint density at radius 2 is 0.905 bits per heavy atom. The number of hydrogen-bond acceptors (Lipinski definition) is 3. The summed E-state index contributed by atoms with van der Waals surface area (Å²) in [5, 5.41) is 3.69. The molecule has 0 aliphatic rings. The molecule has 12 aromatic rings. The van der Waals surface area contributed by atoms with E-state index in [2.05, 4.69) is 57.7 Å². The largest absolute Gasteiger partial charge is 0.307 e. The molecule has 0 spiro atoms. The molecule has 0 bridgehead atoms. The van der Waals surface area contributed by atoms with Crippen molar-refractivity contribution in [2.24, 2.45) is 0 Å². The Labute approximate surface area is 377 Å². The van der Waals surface area contributed by atoms with E-state index in [9.17, 15) is 2.74 Å². The highest BCUT2D eigenvalue weighted by atomic mass is 15.2. The van der Waals surface area contributed by atoms with E-state index in [0.29, 0.717) is 23.3 Å². The molecule has 12 rings (SSSR count). The lowest BCUT2D eigenvalue weighted by atomic mass is 9.91. The van der Waals surface area contributed by atoms with Gasteiger partial charge in [0.2, 0.25) is 5.95 Å². The van der Waals surface area contributed by atoms with Gasteiger partial charge in [-0.15, -0.1) is 0 Å². The summed E-state index contributed by atoms with van der Waals surface area (Å²) in [6, 6.07) is 49.9. The van der Waals surface area contributed by atoms with Gasteiger partial charge in [-0.3, -0.25) is 4.57 Å². The van der Waals surface area contributed by atoms with E-state index in [-0.39, 0.29) is 39.9 Å². The molecule has 0 radical (unpaired) electrons. The van der Waals surface area contributed by atoms with E-state index in [0.717, 1.165) is 65.9 Å². The Hall–Kier alpha value is -8.41. The minimum atomic E-state index is -0.553. The van der Waals surface area contributed by atoms with Crippen LogP contribution in [0.5, 0.6) is 0 Å². The predicted molar refractivity (Wildman–Crippen MR) is 260 cm³/mol. The average Bonchev–Trinajstić information content (AvgIpc) is 3.95. The fraction of sp³-hybridized carbons (Fsp3) is 0.0172. The molecule has 0 fully saturated rings. The highest BCUT2D eigenvalue weighted by molar-refractivity contribution is 6.23. The first kappa shape index (κ1) is 28.2. The van der Waals surface area contributed by atoms with Crippen molar-refractivity contribution in [2.45, 2.75) is 6.92 Å². The van der Waals surface area contributed by atoms with Gasteiger partial charge >= 0.3 is 0 Å². The summed E-state index contributed by atoms with van der Waals surface area (Å²) in [6.45, 7) is 1.60. The van der Waals surface area contributed by atoms with Crippen molar-refractivity contribution in [3.63, 3.8) is 0 Å². The number of fused-ring (bicyclic) bond motifs is 7. The van der Waals surface area contributed by atoms with Crippen LogP contribution >= 0.6 is 0 Å². The van der Waals surface area contributed by atoms with Crippen LogP contribution in [0.15, 0.2) is 218 Å². The summed E-state index contributed by atoms with van der Waals surface area (Å²) in [5.74, 6) is 1.34. The maximum absolute atomic E-state index is 9.21. The minimum Gasteiger partial charge on any atom is -0.307 e. The molecule has 0 atom stereocenters. The second-order valence-electron chi connectivity index (χ2n) is 15.4. The minimum absolute atomic E-state index is 0.104. The Bertz CT molecular complexity index is 4150. The Morgan fingerprint density at radius 1 is 0.381 bits per heavy atom. The van der Waals surface area contributed by atoms with E-state index >= 15 is 0 Å². The number of benzene rings is 9. The van der Waals surface area contributed by atoms with Gasteiger partial charge in [0.1, 0.15) is 0 Å². The van der Waals surface area contributed by atoms with E-state index in [4.69, 9.17) is 24.5 Å². The highest BCUT2D eigenvalue weighted by Gasteiger charge is 2.24. The lowest BCUT2D eigenvalue weighted by Crippen LogP contribution is -2.07. The fourth-order valence-corrected chi connectivity index (χ4v) is 8.85. The first-order chi connectivity index (χ1) is 34.9. The van der Waals surface area contributed by atoms with Crippen molar-refractivity contribution in [2.75, 3.05) is 0 Å². The van der Waals surface area contributed by atoms with E-state index in [1.807, 2.05) is 103 Å². The Balaban J connectivity index is 1.19. The lowest BCUT2D eigenvalue weighted by Gasteiger charge is -2.17. The molecule has 63 heavy (non-hydrogen) atoms. The van der Waals surface area contributed by atoms with Crippen molar-refractivity contribution in [1.82, 2.24) is 24.1 Å². The summed E-state index contributed by atoms with van der Waals surface area (Å²) in [6.07, 6.45) is 0. The predicted octanol–water partition coefficient (Wildman–Crippen LogP) is 14.7. The molecule has 0 saturated heterocycles. The molecule has 3 aromatic heterocycles. The maximum Gasteiger partial charge on any atom is 0.238 e. The topological polar surface area (TPSA) is 48.5 Å². The van der Waals surface area contributed by atoms with Gasteiger partial charge in [0, 0.05) is 38.4 Å². The smallest absolute Gasteiger partial charge is 0.238 e. The summed E-state index contributed by atoms with van der Waals surface area (Å²) in [7, 11) is 0. The van der Waals surface area contributed by atoms with Crippen LogP contribution in [0.4, 0.5) is 0 Å². The number of hydrogen-bond donors (Lipinski definition) is 0. The summed E-state index contributed by atoms with van der Waals surface area (Å²) in [5.41, 5.74) is 8.32. The van der Waals surface area contributed by atoms with Crippen molar-refractivity contribution in [3.8, 4) is 67.8 Å². The van der Waals surface area contributed by atoms with Gasteiger partial charge in [0.25, 0.3) is 0 Å². The molecule has 3 heterocycles. The molecule has 0 saturated carbocycles. The van der Waals surface area contributed by atoms with Gasteiger partial charge in [0.15, 0.2) is 11.6 Å². The molecule has 0 unspecified atom stereocenters. The van der Waals surface area contributed by atoms with Crippen LogP contribution < -0.4 is 0 Å². The average molecular weight is 815 g/mol. The highest BCUT2D eigenvalue weighted by Crippen LogP contribution is 2.43. The normalized spacial score (nSPS) is 13.6. The second-order valence-corrected chi connectivity index (χ2v) is 15.4. The fourth-order valence-electron chi connectivity index (χ4n) is 8.85. The van der Waals surface area contributed by atoms with Crippen molar-refractivity contribution in [1.29, 1.82) is 0 Å². The Morgan fingerprint density at radius 3 is 1.59 bits per heavy atom. The van der Waals surface area contributed by atoms with Gasteiger partial charge in [-0.05, 0) is 70.1 Å². The quantitative estimate of drug-likeness (QED) is 0.161. The lowest BCUT2D eigenvalue weighted by molar-refractivity contribution is 0.953. The van der Waals surface area contributed by atoms with Crippen LogP contribution in [0.25, 0.3) is 111 Å². The molecular formula is C58H39N5. The first-order valence-corrected chi connectivity index (χ1v) is 20.6. The van der Waals surface area contributed by atoms with Gasteiger partial charge in [0.05, 0.1) is 34.4 Å². The van der Waals surface area contributed by atoms with Crippen molar-refractivity contribution in [3.05, 3.63) is 224 Å².